The Kier molecular flexibility index (Phi) is 7.93. The molecule has 1 aliphatic heterocycles. The first-order valence-corrected chi connectivity index (χ1v) is 13.5. The fourth-order valence-electron chi connectivity index (χ4n) is 5.32. The molecule has 0 radical (unpaired) electrons. The van der Waals surface area contributed by atoms with E-state index in [-0.39, 0.29) is 34.9 Å². The molecule has 0 saturated carbocycles. The first-order chi connectivity index (χ1) is 18.9. The lowest BCUT2D eigenvalue weighted by Crippen LogP contribution is -2.30. The summed E-state index contributed by atoms with van der Waals surface area (Å²) in [4.78, 5) is 38.8. The molecule has 39 heavy (non-hydrogen) atoms. The average Bonchev–Trinajstić information content (AvgIpc) is 2.92. The number of ether oxygens (including phenoxy) is 4. The second-order valence-electron chi connectivity index (χ2n) is 9.59. The second-order valence-corrected chi connectivity index (χ2v) is 10.00. The number of anilines is 1. The van der Waals surface area contributed by atoms with Gasteiger partial charge in [0.15, 0.2) is 29.7 Å². The molecule has 0 fully saturated rings. The van der Waals surface area contributed by atoms with Crippen molar-refractivity contribution in [3.63, 3.8) is 0 Å². The Hall–Kier alpha value is -3.78. The molecular formula is C30H30ClNO7. The highest BCUT2D eigenvalue weighted by molar-refractivity contribution is 6.32. The smallest absolute Gasteiger partial charge is 0.262 e. The van der Waals surface area contributed by atoms with Crippen molar-refractivity contribution in [2.24, 2.45) is 0 Å². The van der Waals surface area contributed by atoms with Gasteiger partial charge in [0, 0.05) is 48.4 Å². The third-order valence-corrected chi connectivity index (χ3v) is 7.31. The molecule has 0 saturated heterocycles. The number of methoxy groups -OCH3 is 1. The molecule has 1 amide bonds. The monoisotopic (exact) mass is 551 g/mol. The van der Waals surface area contributed by atoms with Crippen molar-refractivity contribution >= 4 is 34.8 Å². The molecule has 1 N–H and O–H groups in total. The Morgan fingerprint density at radius 3 is 2.21 bits per heavy atom. The lowest BCUT2D eigenvalue weighted by molar-refractivity contribution is -0.119. The summed E-state index contributed by atoms with van der Waals surface area (Å²) in [5.74, 6) is 1.53. The maximum Gasteiger partial charge on any atom is 0.262 e. The van der Waals surface area contributed by atoms with Crippen LogP contribution in [0.1, 0.15) is 56.9 Å². The van der Waals surface area contributed by atoms with Crippen molar-refractivity contribution in [1.82, 2.24) is 0 Å². The number of nitrogens with one attached hydrogen (secondary N) is 1. The summed E-state index contributed by atoms with van der Waals surface area (Å²) < 4.78 is 22.9. The zero-order chi connectivity index (χ0) is 27.5. The Balaban J connectivity index is 1.44. The van der Waals surface area contributed by atoms with Crippen molar-refractivity contribution < 1.29 is 33.3 Å². The average molecular weight is 552 g/mol. The molecule has 0 unspecified atom stereocenters. The van der Waals surface area contributed by atoms with Gasteiger partial charge in [-0.3, -0.25) is 14.4 Å². The fourth-order valence-corrected chi connectivity index (χ4v) is 5.59. The van der Waals surface area contributed by atoms with E-state index in [4.69, 9.17) is 30.5 Å². The quantitative estimate of drug-likeness (QED) is 0.436. The minimum absolute atomic E-state index is 0.0178. The number of amides is 1. The number of ketones is 2. The molecule has 5 rings (SSSR count). The van der Waals surface area contributed by atoms with Crippen molar-refractivity contribution in [2.45, 2.75) is 51.4 Å². The molecule has 204 valence electrons. The van der Waals surface area contributed by atoms with Crippen molar-refractivity contribution in [3.05, 3.63) is 69.6 Å². The first kappa shape index (κ1) is 26.8. The molecule has 9 heteroatoms. The van der Waals surface area contributed by atoms with E-state index in [2.05, 4.69) is 5.32 Å². The van der Waals surface area contributed by atoms with Crippen LogP contribution < -0.4 is 19.5 Å². The zero-order valence-corrected chi connectivity index (χ0v) is 22.7. The van der Waals surface area contributed by atoms with E-state index in [9.17, 15) is 14.4 Å². The highest BCUT2D eigenvalue weighted by Gasteiger charge is 2.42. The molecule has 0 atom stereocenters. The fraction of sp³-hybridized carbons (Fsp3) is 0.367. The van der Waals surface area contributed by atoms with E-state index >= 15 is 0 Å². The van der Waals surface area contributed by atoms with Gasteiger partial charge in [-0.1, -0.05) is 11.6 Å². The standard InChI is InChI=1S/C30H30ClNO7/c1-3-37-25-15-17(14-20(31)30(25)38-16-26(35)32-18-10-12-19(36-2)13-11-18)27-28-21(33)6-4-8-23(28)39-24-9-5-7-22(34)29(24)27/h10-15,27H,3-9,16H2,1-2H3,(H,32,35). The minimum Gasteiger partial charge on any atom is -0.497 e. The Labute approximate surface area is 231 Å². The summed E-state index contributed by atoms with van der Waals surface area (Å²) >= 11 is 6.71. The number of hydrogen-bond donors (Lipinski definition) is 1. The van der Waals surface area contributed by atoms with Gasteiger partial charge in [0.05, 0.1) is 18.7 Å². The highest BCUT2D eigenvalue weighted by Crippen LogP contribution is 2.50. The van der Waals surface area contributed by atoms with E-state index in [1.54, 1.807) is 43.5 Å². The molecule has 0 aromatic heterocycles. The number of hydrogen-bond acceptors (Lipinski definition) is 7. The van der Waals surface area contributed by atoms with Crippen LogP contribution in [0.5, 0.6) is 17.2 Å². The van der Waals surface area contributed by atoms with Gasteiger partial charge in [0.1, 0.15) is 17.3 Å². The Morgan fingerprint density at radius 1 is 0.974 bits per heavy atom. The number of carbonyl (C=O) groups is 3. The van der Waals surface area contributed by atoms with Gasteiger partial charge in [-0.2, -0.15) is 0 Å². The van der Waals surface area contributed by atoms with Crippen molar-refractivity contribution in [3.8, 4) is 17.2 Å². The van der Waals surface area contributed by atoms with Crippen LogP contribution in [0.3, 0.4) is 0 Å². The van der Waals surface area contributed by atoms with Crippen LogP contribution in [0, 0.1) is 0 Å². The van der Waals surface area contributed by atoms with E-state index < -0.39 is 5.92 Å². The summed E-state index contributed by atoms with van der Waals surface area (Å²) in [6.45, 7) is 1.84. The highest BCUT2D eigenvalue weighted by atomic mass is 35.5. The topological polar surface area (TPSA) is 100 Å². The summed E-state index contributed by atoms with van der Waals surface area (Å²) in [7, 11) is 1.57. The van der Waals surface area contributed by atoms with Crippen molar-refractivity contribution in [1.29, 1.82) is 0 Å². The van der Waals surface area contributed by atoms with Gasteiger partial charge in [0.25, 0.3) is 5.91 Å². The molecule has 2 aliphatic carbocycles. The second kappa shape index (κ2) is 11.5. The van der Waals surface area contributed by atoms with Gasteiger partial charge in [-0.25, -0.2) is 0 Å². The van der Waals surface area contributed by atoms with Gasteiger partial charge >= 0.3 is 0 Å². The number of benzene rings is 2. The molecular weight excluding hydrogens is 522 g/mol. The maximum absolute atomic E-state index is 13.1. The number of rotatable bonds is 8. The lowest BCUT2D eigenvalue weighted by atomic mass is 9.73. The maximum atomic E-state index is 13.1. The SMILES string of the molecule is CCOc1cc(C2C3=C(CCCC3=O)OC3=C2C(=O)CCC3)cc(Cl)c1OCC(=O)Nc1ccc(OC)cc1. The Bertz CT molecular complexity index is 1330. The van der Waals surface area contributed by atoms with Crippen LogP contribution in [0.2, 0.25) is 5.02 Å². The predicted octanol–water partition coefficient (Wildman–Crippen LogP) is 5.89. The van der Waals surface area contributed by atoms with E-state index in [0.717, 1.165) is 12.8 Å². The van der Waals surface area contributed by atoms with Gasteiger partial charge < -0.3 is 24.3 Å². The summed E-state index contributed by atoms with van der Waals surface area (Å²) in [6.07, 6.45) is 3.56. The first-order valence-electron chi connectivity index (χ1n) is 13.1. The molecule has 2 aromatic rings. The van der Waals surface area contributed by atoms with Gasteiger partial charge in [-0.05, 0) is 61.7 Å². The number of carbonyl (C=O) groups excluding carboxylic acids is 3. The molecule has 3 aliphatic rings. The third-order valence-electron chi connectivity index (χ3n) is 7.03. The van der Waals surface area contributed by atoms with Gasteiger partial charge in [-0.15, -0.1) is 0 Å². The Morgan fingerprint density at radius 2 is 1.62 bits per heavy atom. The van der Waals surface area contributed by atoms with E-state index in [0.29, 0.717) is 77.7 Å². The van der Waals surface area contributed by atoms with Crippen LogP contribution >= 0.6 is 11.6 Å². The summed E-state index contributed by atoms with van der Waals surface area (Å²) in [5, 5.41) is 2.98. The van der Waals surface area contributed by atoms with Crippen molar-refractivity contribution in [2.75, 3.05) is 25.6 Å². The van der Waals surface area contributed by atoms with Crippen LogP contribution in [0.15, 0.2) is 59.1 Å². The largest absolute Gasteiger partial charge is 0.497 e. The van der Waals surface area contributed by atoms with Gasteiger partial charge in [0.2, 0.25) is 0 Å². The molecule has 8 nitrogen and oxygen atoms in total. The summed E-state index contributed by atoms with van der Waals surface area (Å²) in [6, 6.07) is 10.4. The van der Waals surface area contributed by atoms with E-state index in [1.807, 2.05) is 6.92 Å². The molecule has 2 aromatic carbocycles. The normalized spacial score (nSPS) is 17.3. The lowest BCUT2D eigenvalue weighted by Gasteiger charge is -2.36. The van der Waals surface area contributed by atoms with Crippen LogP contribution in [-0.2, 0) is 19.1 Å². The molecule has 1 heterocycles. The predicted molar refractivity (Wildman–Crippen MR) is 145 cm³/mol. The minimum atomic E-state index is -0.575. The van der Waals surface area contributed by atoms with Crippen LogP contribution in [0.25, 0.3) is 0 Å². The molecule has 0 bridgehead atoms. The van der Waals surface area contributed by atoms with Crippen LogP contribution in [-0.4, -0.2) is 37.8 Å². The third kappa shape index (κ3) is 5.52. The van der Waals surface area contributed by atoms with Crippen LogP contribution in [0.4, 0.5) is 5.69 Å². The number of Topliss-reactive ketones (excluding diaryl/α,β-unsaturated/α-hetero) is 2. The number of allylic oxidation sites excluding steroid dienone is 4. The zero-order valence-electron chi connectivity index (χ0n) is 21.9. The number of halogens is 1. The summed E-state index contributed by atoms with van der Waals surface area (Å²) in [5.41, 5.74) is 2.31. The molecule has 0 spiro atoms. The van der Waals surface area contributed by atoms with E-state index in [1.165, 1.54) is 0 Å².